The lowest BCUT2D eigenvalue weighted by Crippen LogP contribution is -2.34. The molecule has 0 aromatic carbocycles. The van der Waals surface area contributed by atoms with E-state index in [9.17, 15) is 0 Å². The average molecular weight is 166 g/mol. The second-order valence-electron chi connectivity index (χ2n) is 3.93. The van der Waals surface area contributed by atoms with Crippen LogP contribution in [-0.4, -0.2) is 13.1 Å². The molecule has 1 rings (SSSR count). The van der Waals surface area contributed by atoms with Gasteiger partial charge in [-0.2, -0.15) is 5.26 Å². The van der Waals surface area contributed by atoms with Crippen LogP contribution in [0.5, 0.6) is 0 Å². The third kappa shape index (κ3) is 2.22. The van der Waals surface area contributed by atoms with Crippen LogP contribution < -0.4 is 5.32 Å². The first-order chi connectivity index (χ1) is 5.77. The molecule has 1 saturated carbocycles. The van der Waals surface area contributed by atoms with E-state index in [2.05, 4.69) is 18.3 Å². The minimum atomic E-state index is 0.0766. The fourth-order valence-electron chi connectivity index (χ4n) is 2.19. The number of hydrogen-bond acceptors (Lipinski definition) is 2. The van der Waals surface area contributed by atoms with Crippen LogP contribution >= 0.6 is 0 Å². The van der Waals surface area contributed by atoms with Gasteiger partial charge in [0.15, 0.2) is 0 Å². The number of nitrogens with zero attached hydrogens (tertiary/aromatic N) is 1. The van der Waals surface area contributed by atoms with Crippen molar-refractivity contribution in [3.8, 4) is 6.07 Å². The first-order valence-electron chi connectivity index (χ1n) is 4.84. The summed E-state index contributed by atoms with van der Waals surface area (Å²) in [6.07, 6.45) is 5.09. The molecule has 1 aliphatic rings. The average Bonchev–Trinajstić information content (AvgIpc) is 2.07. The molecule has 0 aromatic rings. The summed E-state index contributed by atoms with van der Waals surface area (Å²) in [5.74, 6) is 1.40. The summed E-state index contributed by atoms with van der Waals surface area (Å²) in [4.78, 5) is 0. The Balaban J connectivity index is 2.45. The molecule has 0 heterocycles. The van der Waals surface area contributed by atoms with Crippen molar-refractivity contribution in [1.82, 2.24) is 5.32 Å². The molecule has 1 N–H and O–H groups in total. The fraction of sp³-hybridized carbons (Fsp3) is 0.900. The van der Waals surface area contributed by atoms with Crippen LogP contribution in [-0.2, 0) is 0 Å². The highest BCUT2D eigenvalue weighted by Crippen LogP contribution is 2.30. The van der Waals surface area contributed by atoms with Gasteiger partial charge in [-0.15, -0.1) is 0 Å². The summed E-state index contributed by atoms with van der Waals surface area (Å²) in [6, 6.07) is 2.41. The Morgan fingerprint density at radius 3 is 2.75 bits per heavy atom. The zero-order valence-corrected chi connectivity index (χ0v) is 8.01. The van der Waals surface area contributed by atoms with Gasteiger partial charge >= 0.3 is 0 Å². The normalized spacial score (nSPS) is 32.4. The van der Waals surface area contributed by atoms with E-state index in [0.29, 0.717) is 5.92 Å². The highest BCUT2D eigenvalue weighted by atomic mass is 14.9. The molecule has 12 heavy (non-hydrogen) atoms. The minimum Gasteiger partial charge on any atom is -0.305 e. The topological polar surface area (TPSA) is 35.8 Å². The van der Waals surface area contributed by atoms with Gasteiger partial charge in [0, 0.05) is 0 Å². The van der Waals surface area contributed by atoms with Crippen LogP contribution in [0.2, 0.25) is 0 Å². The zero-order valence-electron chi connectivity index (χ0n) is 8.01. The maximum absolute atomic E-state index is 8.85. The highest BCUT2D eigenvalue weighted by molar-refractivity contribution is 4.95. The lowest BCUT2D eigenvalue weighted by atomic mass is 9.79. The number of nitriles is 1. The van der Waals surface area contributed by atoms with Gasteiger partial charge in [-0.3, -0.25) is 0 Å². The van der Waals surface area contributed by atoms with Crippen molar-refractivity contribution < 1.29 is 0 Å². The van der Waals surface area contributed by atoms with Gasteiger partial charge in [-0.05, 0) is 31.7 Å². The summed E-state index contributed by atoms with van der Waals surface area (Å²) in [5.41, 5.74) is 0. The molecule has 0 spiro atoms. The van der Waals surface area contributed by atoms with Crippen molar-refractivity contribution in [1.29, 1.82) is 5.26 Å². The fourth-order valence-corrected chi connectivity index (χ4v) is 2.19. The van der Waals surface area contributed by atoms with Gasteiger partial charge in [-0.1, -0.05) is 19.8 Å². The molecule has 1 fully saturated rings. The summed E-state index contributed by atoms with van der Waals surface area (Å²) in [7, 11) is 1.88. The Bertz CT molecular complexity index is 171. The van der Waals surface area contributed by atoms with E-state index in [1.807, 2.05) is 7.05 Å². The number of nitrogens with one attached hydrogen (secondary N) is 1. The molecule has 2 nitrogen and oxygen atoms in total. The predicted octanol–water partition coefficient (Wildman–Crippen LogP) is 1.92. The SMILES string of the molecule is CNC(C#N)C1CCCC(C)C1. The Hall–Kier alpha value is -0.550. The summed E-state index contributed by atoms with van der Waals surface area (Å²) < 4.78 is 0. The van der Waals surface area contributed by atoms with Crippen LogP contribution in [0.25, 0.3) is 0 Å². The molecular formula is C10H18N2. The van der Waals surface area contributed by atoms with Gasteiger partial charge < -0.3 is 5.32 Å². The van der Waals surface area contributed by atoms with Crippen molar-refractivity contribution >= 4 is 0 Å². The third-order valence-corrected chi connectivity index (χ3v) is 2.90. The van der Waals surface area contributed by atoms with Gasteiger partial charge in [0.2, 0.25) is 0 Å². The van der Waals surface area contributed by atoms with Crippen LogP contribution in [0.3, 0.4) is 0 Å². The van der Waals surface area contributed by atoms with Crippen LogP contribution in [0, 0.1) is 23.2 Å². The smallest absolute Gasteiger partial charge is 0.0979 e. The van der Waals surface area contributed by atoms with E-state index in [1.54, 1.807) is 0 Å². The summed E-state index contributed by atoms with van der Waals surface area (Å²) in [6.45, 7) is 2.29. The van der Waals surface area contributed by atoms with Crippen molar-refractivity contribution in [2.24, 2.45) is 11.8 Å². The van der Waals surface area contributed by atoms with E-state index in [0.717, 1.165) is 5.92 Å². The second-order valence-corrected chi connectivity index (χ2v) is 3.93. The van der Waals surface area contributed by atoms with E-state index < -0.39 is 0 Å². The number of hydrogen-bond donors (Lipinski definition) is 1. The molecule has 0 bridgehead atoms. The minimum absolute atomic E-state index is 0.0766. The first-order valence-corrected chi connectivity index (χ1v) is 4.84. The lowest BCUT2D eigenvalue weighted by molar-refractivity contribution is 0.253. The Labute approximate surface area is 75.0 Å². The molecule has 0 amide bonds. The molecule has 3 unspecified atom stereocenters. The van der Waals surface area contributed by atoms with E-state index in [-0.39, 0.29) is 6.04 Å². The van der Waals surface area contributed by atoms with E-state index >= 15 is 0 Å². The van der Waals surface area contributed by atoms with Crippen molar-refractivity contribution in [3.63, 3.8) is 0 Å². The standard InChI is InChI=1S/C10H18N2/c1-8-4-3-5-9(6-8)10(7-11)12-2/h8-10,12H,3-6H2,1-2H3. The molecule has 0 aromatic heterocycles. The largest absolute Gasteiger partial charge is 0.305 e. The lowest BCUT2D eigenvalue weighted by Gasteiger charge is -2.29. The quantitative estimate of drug-likeness (QED) is 0.680. The summed E-state index contributed by atoms with van der Waals surface area (Å²) >= 11 is 0. The molecule has 2 heteroatoms. The molecule has 1 aliphatic carbocycles. The number of rotatable bonds is 2. The Kier molecular flexibility index (Phi) is 3.55. The Morgan fingerprint density at radius 2 is 2.25 bits per heavy atom. The molecule has 0 aliphatic heterocycles. The molecular weight excluding hydrogens is 148 g/mol. The predicted molar refractivity (Wildman–Crippen MR) is 49.6 cm³/mol. The maximum Gasteiger partial charge on any atom is 0.0979 e. The summed E-state index contributed by atoms with van der Waals surface area (Å²) in [5, 5.41) is 11.9. The molecule has 0 radical (unpaired) electrons. The van der Waals surface area contributed by atoms with Gasteiger partial charge in [0.25, 0.3) is 0 Å². The van der Waals surface area contributed by atoms with Gasteiger partial charge in [-0.25, -0.2) is 0 Å². The van der Waals surface area contributed by atoms with E-state index in [1.165, 1.54) is 25.7 Å². The molecule has 68 valence electrons. The zero-order chi connectivity index (χ0) is 8.97. The van der Waals surface area contributed by atoms with E-state index in [4.69, 9.17) is 5.26 Å². The molecule has 0 saturated heterocycles. The first kappa shape index (κ1) is 9.54. The van der Waals surface area contributed by atoms with Crippen LogP contribution in [0.4, 0.5) is 0 Å². The van der Waals surface area contributed by atoms with Crippen molar-refractivity contribution in [2.75, 3.05) is 7.05 Å². The van der Waals surface area contributed by atoms with Crippen LogP contribution in [0.1, 0.15) is 32.6 Å². The highest BCUT2D eigenvalue weighted by Gasteiger charge is 2.25. The monoisotopic (exact) mass is 166 g/mol. The Morgan fingerprint density at radius 1 is 1.50 bits per heavy atom. The van der Waals surface area contributed by atoms with Crippen molar-refractivity contribution in [3.05, 3.63) is 0 Å². The third-order valence-electron chi connectivity index (χ3n) is 2.90. The van der Waals surface area contributed by atoms with Gasteiger partial charge in [0.05, 0.1) is 12.1 Å². The van der Waals surface area contributed by atoms with Crippen molar-refractivity contribution in [2.45, 2.75) is 38.6 Å². The second kappa shape index (κ2) is 4.47. The molecule has 3 atom stereocenters. The maximum atomic E-state index is 8.85. The van der Waals surface area contributed by atoms with Gasteiger partial charge in [0.1, 0.15) is 0 Å². The van der Waals surface area contributed by atoms with Crippen LogP contribution in [0.15, 0.2) is 0 Å².